The minimum Gasteiger partial charge on any atom is -0.361 e. The second kappa shape index (κ2) is 4.53. The summed E-state index contributed by atoms with van der Waals surface area (Å²) in [5, 5.41) is 1.26. The second-order valence-corrected chi connectivity index (χ2v) is 4.53. The van der Waals surface area contributed by atoms with Crippen LogP contribution in [0.5, 0.6) is 0 Å². The van der Waals surface area contributed by atoms with E-state index in [4.69, 9.17) is 0 Å². The molecule has 0 aliphatic heterocycles. The number of fused-ring (bicyclic) bond motifs is 1. The summed E-state index contributed by atoms with van der Waals surface area (Å²) in [5.74, 6) is 0. The van der Waals surface area contributed by atoms with Crippen LogP contribution < -0.4 is 0 Å². The molecule has 0 unspecified atom stereocenters. The molecule has 1 heterocycles. The highest BCUT2D eigenvalue weighted by Crippen LogP contribution is 2.20. The predicted molar refractivity (Wildman–Crippen MR) is 78.4 cm³/mol. The largest absolute Gasteiger partial charge is 0.361 e. The van der Waals surface area contributed by atoms with E-state index in [1.165, 1.54) is 27.6 Å². The van der Waals surface area contributed by atoms with Gasteiger partial charge in [0, 0.05) is 17.1 Å². The standard InChI is InChI=1S/C17H15N/c1-13-6-8-14(9-7-13)10-11-15-12-18-17-5-3-2-4-16(15)17/h2-12,18H,1H3. The van der Waals surface area contributed by atoms with Crippen molar-refractivity contribution < 1.29 is 0 Å². The van der Waals surface area contributed by atoms with Crippen molar-refractivity contribution in [2.24, 2.45) is 0 Å². The Morgan fingerprint density at radius 1 is 0.889 bits per heavy atom. The van der Waals surface area contributed by atoms with E-state index in [1.807, 2.05) is 6.07 Å². The second-order valence-electron chi connectivity index (χ2n) is 4.53. The third-order valence-electron chi connectivity index (χ3n) is 3.15. The van der Waals surface area contributed by atoms with Gasteiger partial charge in [-0.25, -0.2) is 0 Å². The van der Waals surface area contributed by atoms with E-state index < -0.39 is 0 Å². The molecular formula is C17H15N. The Kier molecular flexibility index (Phi) is 2.73. The molecule has 0 saturated carbocycles. The first-order chi connectivity index (χ1) is 8.83. The van der Waals surface area contributed by atoms with Crippen LogP contribution in [0.15, 0.2) is 54.7 Å². The Hall–Kier alpha value is -2.28. The normalized spacial score (nSPS) is 11.4. The van der Waals surface area contributed by atoms with Crippen molar-refractivity contribution in [2.75, 3.05) is 0 Å². The monoisotopic (exact) mass is 233 g/mol. The Bertz CT molecular complexity index is 687. The molecule has 0 atom stereocenters. The molecule has 2 aromatic carbocycles. The summed E-state index contributed by atoms with van der Waals surface area (Å²) in [6.45, 7) is 2.10. The van der Waals surface area contributed by atoms with Crippen LogP contribution in [0, 0.1) is 6.92 Å². The van der Waals surface area contributed by atoms with Crippen LogP contribution in [0.4, 0.5) is 0 Å². The van der Waals surface area contributed by atoms with Crippen LogP contribution in [-0.2, 0) is 0 Å². The quantitative estimate of drug-likeness (QED) is 0.663. The zero-order chi connectivity index (χ0) is 12.4. The number of benzene rings is 2. The van der Waals surface area contributed by atoms with Gasteiger partial charge in [-0.2, -0.15) is 0 Å². The number of rotatable bonds is 2. The van der Waals surface area contributed by atoms with E-state index in [9.17, 15) is 0 Å². The first kappa shape index (κ1) is 10.8. The lowest BCUT2D eigenvalue weighted by molar-refractivity contribution is 1.46. The average Bonchev–Trinajstić information content (AvgIpc) is 2.82. The molecule has 0 saturated heterocycles. The number of para-hydroxylation sites is 1. The molecule has 0 aliphatic rings. The molecule has 0 bridgehead atoms. The number of hydrogen-bond acceptors (Lipinski definition) is 0. The lowest BCUT2D eigenvalue weighted by Crippen LogP contribution is -1.73. The maximum absolute atomic E-state index is 3.28. The highest BCUT2D eigenvalue weighted by atomic mass is 14.7. The van der Waals surface area contributed by atoms with Crippen molar-refractivity contribution in [3.8, 4) is 0 Å². The Morgan fingerprint density at radius 3 is 2.50 bits per heavy atom. The van der Waals surface area contributed by atoms with Gasteiger partial charge < -0.3 is 4.98 Å². The fraction of sp³-hybridized carbons (Fsp3) is 0.0588. The third-order valence-corrected chi connectivity index (χ3v) is 3.15. The highest BCUT2D eigenvalue weighted by molar-refractivity contribution is 5.91. The molecular weight excluding hydrogens is 218 g/mol. The molecule has 18 heavy (non-hydrogen) atoms. The molecule has 1 N–H and O–H groups in total. The molecule has 1 nitrogen and oxygen atoms in total. The molecule has 0 radical (unpaired) electrons. The Morgan fingerprint density at radius 2 is 1.67 bits per heavy atom. The summed E-state index contributed by atoms with van der Waals surface area (Å²) in [7, 11) is 0. The maximum Gasteiger partial charge on any atom is 0.0460 e. The zero-order valence-electron chi connectivity index (χ0n) is 10.4. The van der Waals surface area contributed by atoms with Crippen LogP contribution in [0.2, 0.25) is 0 Å². The summed E-state index contributed by atoms with van der Waals surface area (Å²) in [4.78, 5) is 3.28. The van der Waals surface area contributed by atoms with E-state index in [0.29, 0.717) is 0 Å². The van der Waals surface area contributed by atoms with E-state index in [1.54, 1.807) is 0 Å². The summed E-state index contributed by atoms with van der Waals surface area (Å²) in [6, 6.07) is 16.9. The minimum atomic E-state index is 1.18. The van der Waals surface area contributed by atoms with Gasteiger partial charge in [-0.1, -0.05) is 60.2 Å². The van der Waals surface area contributed by atoms with Crippen LogP contribution in [-0.4, -0.2) is 4.98 Å². The fourth-order valence-corrected chi connectivity index (χ4v) is 2.10. The van der Waals surface area contributed by atoms with Crippen molar-refractivity contribution in [3.63, 3.8) is 0 Å². The van der Waals surface area contributed by atoms with Crippen LogP contribution in [0.3, 0.4) is 0 Å². The van der Waals surface area contributed by atoms with Crippen molar-refractivity contribution in [1.29, 1.82) is 0 Å². The average molecular weight is 233 g/mol. The van der Waals surface area contributed by atoms with E-state index >= 15 is 0 Å². The minimum absolute atomic E-state index is 1.18. The first-order valence-corrected chi connectivity index (χ1v) is 6.14. The predicted octanol–water partition coefficient (Wildman–Crippen LogP) is 4.65. The Balaban J connectivity index is 1.94. The van der Waals surface area contributed by atoms with Gasteiger partial charge in [0.1, 0.15) is 0 Å². The molecule has 0 fully saturated rings. The van der Waals surface area contributed by atoms with Gasteiger partial charge >= 0.3 is 0 Å². The summed E-state index contributed by atoms with van der Waals surface area (Å²) >= 11 is 0. The van der Waals surface area contributed by atoms with Crippen LogP contribution in [0.25, 0.3) is 23.1 Å². The highest BCUT2D eigenvalue weighted by Gasteiger charge is 1.98. The smallest absolute Gasteiger partial charge is 0.0460 e. The number of aromatic nitrogens is 1. The van der Waals surface area contributed by atoms with Gasteiger partial charge in [0.25, 0.3) is 0 Å². The number of H-pyrrole nitrogens is 1. The number of nitrogens with one attached hydrogen (secondary N) is 1. The molecule has 0 amide bonds. The SMILES string of the molecule is Cc1ccc(C=Cc2c[nH]c3ccccc23)cc1. The Labute approximate surface area is 107 Å². The van der Waals surface area contributed by atoms with Crippen molar-refractivity contribution in [1.82, 2.24) is 4.98 Å². The molecule has 1 aromatic heterocycles. The molecule has 1 heteroatoms. The first-order valence-electron chi connectivity index (χ1n) is 6.14. The van der Waals surface area contributed by atoms with Crippen molar-refractivity contribution in [2.45, 2.75) is 6.92 Å². The molecule has 3 aromatic rings. The van der Waals surface area contributed by atoms with Crippen molar-refractivity contribution in [3.05, 3.63) is 71.4 Å². The lowest BCUT2D eigenvalue weighted by Gasteiger charge is -1.95. The van der Waals surface area contributed by atoms with Gasteiger partial charge in [0.2, 0.25) is 0 Å². The summed E-state index contributed by atoms with van der Waals surface area (Å²) in [5.41, 5.74) is 4.93. The number of aromatic amines is 1. The van der Waals surface area contributed by atoms with Crippen LogP contribution >= 0.6 is 0 Å². The molecule has 3 rings (SSSR count). The van der Waals surface area contributed by atoms with Gasteiger partial charge in [-0.15, -0.1) is 0 Å². The molecule has 88 valence electrons. The third kappa shape index (κ3) is 2.07. The maximum atomic E-state index is 3.28. The topological polar surface area (TPSA) is 15.8 Å². The van der Waals surface area contributed by atoms with Gasteiger partial charge in [0.15, 0.2) is 0 Å². The number of aryl methyl sites for hydroxylation is 1. The summed E-state index contributed by atoms with van der Waals surface area (Å²) < 4.78 is 0. The van der Waals surface area contributed by atoms with Crippen LogP contribution in [0.1, 0.15) is 16.7 Å². The van der Waals surface area contributed by atoms with E-state index in [2.05, 4.69) is 72.7 Å². The van der Waals surface area contributed by atoms with E-state index in [-0.39, 0.29) is 0 Å². The lowest BCUT2D eigenvalue weighted by atomic mass is 10.1. The summed E-state index contributed by atoms with van der Waals surface area (Å²) in [6.07, 6.45) is 6.36. The van der Waals surface area contributed by atoms with E-state index in [0.717, 1.165) is 0 Å². The number of hydrogen-bond donors (Lipinski definition) is 1. The molecule has 0 spiro atoms. The van der Waals surface area contributed by atoms with Gasteiger partial charge in [-0.3, -0.25) is 0 Å². The molecule has 0 aliphatic carbocycles. The van der Waals surface area contributed by atoms with Gasteiger partial charge in [0.05, 0.1) is 0 Å². The van der Waals surface area contributed by atoms with Gasteiger partial charge in [-0.05, 0) is 24.1 Å². The van der Waals surface area contributed by atoms with Crippen molar-refractivity contribution >= 4 is 23.1 Å². The zero-order valence-corrected chi connectivity index (χ0v) is 10.4. The fourth-order valence-electron chi connectivity index (χ4n) is 2.10.